The third kappa shape index (κ3) is 6.08. The van der Waals surface area contributed by atoms with Gasteiger partial charge in [0.15, 0.2) is 0 Å². The van der Waals surface area contributed by atoms with Crippen LogP contribution in [0.25, 0.3) is 16.6 Å². The van der Waals surface area contributed by atoms with E-state index in [0.717, 1.165) is 35.9 Å². The smallest absolute Gasteiger partial charge is 0.0715 e. The molecular weight excluding hydrogens is 354 g/mol. The lowest BCUT2D eigenvalue weighted by Crippen LogP contribution is -2.25. The molecule has 0 amide bonds. The molecule has 0 aromatic carbocycles. The van der Waals surface area contributed by atoms with Gasteiger partial charge in [-0.1, -0.05) is 37.9 Å². The molecule has 0 N–H and O–H groups in total. The van der Waals surface area contributed by atoms with E-state index in [0.29, 0.717) is 0 Å². The summed E-state index contributed by atoms with van der Waals surface area (Å²) in [6.07, 6.45) is 17.9. The van der Waals surface area contributed by atoms with E-state index in [4.69, 9.17) is 11.6 Å². The fourth-order valence-corrected chi connectivity index (χ4v) is 3.34. The Balaban J connectivity index is 2.47. The van der Waals surface area contributed by atoms with Gasteiger partial charge < -0.3 is 4.57 Å². The lowest BCUT2D eigenvalue weighted by Gasteiger charge is -2.21. The first kappa shape index (κ1) is 21.5. The Hall–Kier alpha value is -1.84. The van der Waals surface area contributed by atoms with Gasteiger partial charge in [-0.3, -0.25) is 9.88 Å². The van der Waals surface area contributed by atoms with Crippen molar-refractivity contribution in [1.82, 2.24) is 14.5 Å². The van der Waals surface area contributed by atoms with Crippen LogP contribution in [0.2, 0.25) is 0 Å². The van der Waals surface area contributed by atoms with Crippen molar-refractivity contribution in [2.45, 2.75) is 53.5 Å². The third-order valence-corrected chi connectivity index (χ3v) is 4.68. The van der Waals surface area contributed by atoms with E-state index in [1.807, 2.05) is 32.3 Å². The molecule has 2 heterocycles. The summed E-state index contributed by atoms with van der Waals surface area (Å²) in [7, 11) is 0. The molecule has 27 heavy (non-hydrogen) atoms. The van der Waals surface area contributed by atoms with Gasteiger partial charge in [0.25, 0.3) is 0 Å². The van der Waals surface area contributed by atoms with Crippen LogP contribution in [-0.4, -0.2) is 27.5 Å². The molecule has 2 aromatic heterocycles. The van der Waals surface area contributed by atoms with Crippen LogP contribution in [0.3, 0.4) is 0 Å². The summed E-state index contributed by atoms with van der Waals surface area (Å²) >= 11 is 6.05. The van der Waals surface area contributed by atoms with Gasteiger partial charge in [-0.25, -0.2) is 0 Å². The van der Waals surface area contributed by atoms with E-state index < -0.39 is 0 Å². The molecule has 0 aliphatic rings. The van der Waals surface area contributed by atoms with E-state index in [1.54, 1.807) is 0 Å². The monoisotopic (exact) mass is 385 g/mol. The lowest BCUT2D eigenvalue weighted by atomic mass is 10.2. The van der Waals surface area contributed by atoms with Crippen molar-refractivity contribution in [3.8, 4) is 0 Å². The first-order valence-electron chi connectivity index (χ1n) is 9.94. The summed E-state index contributed by atoms with van der Waals surface area (Å²) in [4.78, 5) is 6.92. The van der Waals surface area contributed by atoms with Crippen LogP contribution in [0.5, 0.6) is 0 Å². The minimum atomic E-state index is 0.764. The fourth-order valence-electron chi connectivity index (χ4n) is 3.28. The van der Waals surface area contributed by atoms with E-state index in [-0.39, 0.29) is 0 Å². The molecule has 146 valence electrons. The zero-order valence-electron chi connectivity index (χ0n) is 17.1. The van der Waals surface area contributed by atoms with Crippen LogP contribution >= 0.6 is 11.6 Å². The molecule has 0 atom stereocenters. The molecule has 0 fully saturated rings. The molecule has 0 bridgehead atoms. The summed E-state index contributed by atoms with van der Waals surface area (Å²) in [6, 6.07) is 2.13. The van der Waals surface area contributed by atoms with Gasteiger partial charge in [-0.05, 0) is 69.6 Å². The number of hydrogen-bond acceptors (Lipinski definition) is 2. The van der Waals surface area contributed by atoms with E-state index in [1.165, 1.54) is 30.2 Å². The van der Waals surface area contributed by atoms with Crippen LogP contribution in [0.4, 0.5) is 0 Å². The zero-order valence-corrected chi connectivity index (χ0v) is 17.8. The average Bonchev–Trinajstić information content (AvgIpc) is 3.02. The number of unbranched alkanes of at least 4 members (excludes halogenated alkanes) is 1. The molecule has 2 aromatic rings. The van der Waals surface area contributed by atoms with Gasteiger partial charge >= 0.3 is 0 Å². The minimum absolute atomic E-state index is 0.764. The number of aromatic nitrogens is 2. The van der Waals surface area contributed by atoms with Gasteiger partial charge in [0.1, 0.15) is 0 Å². The van der Waals surface area contributed by atoms with Gasteiger partial charge in [-0.15, -0.1) is 0 Å². The Bertz CT molecular complexity index is 810. The predicted molar refractivity (Wildman–Crippen MR) is 119 cm³/mol. The number of allylic oxidation sites excluding steroid dienone is 6. The maximum atomic E-state index is 6.05. The summed E-state index contributed by atoms with van der Waals surface area (Å²) in [6.45, 7) is 11.7. The number of rotatable bonds is 10. The van der Waals surface area contributed by atoms with E-state index in [9.17, 15) is 0 Å². The molecule has 4 heteroatoms. The SMILES string of the molecule is C\C=C/C(=C\C=C(/C)Cl)n1cc(CN(CCC)CCCC)c2ccncc21. The summed E-state index contributed by atoms with van der Waals surface area (Å²) in [5, 5.41) is 2.03. The standard InChI is InChI=1S/C23H32ClN3/c1-5-8-15-26(14-7-3)17-20-18-27(23-16-25-13-12-22(20)23)21(9-6-2)11-10-19(4)24/h6,9-13,16,18H,5,7-8,14-15,17H2,1-4H3/b9-6-,19-10+,21-11+. The molecule has 3 nitrogen and oxygen atoms in total. The van der Waals surface area contributed by atoms with Crippen molar-refractivity contribution in [3.63, 3.8) is 0 Å². The Morgan fingerprint density at radius 2 is 2.04 bits per heavy atom. The highest BCUT2D eigenvalue weighted by Crippen LogP contribution is 2.26. The Kier molecular flexibility index (Phi) is 8.83. The first-order valence-corrected chi connectivity index (χ1v) is 10.3. The Labute approximate surface area is 169 Å². The predicted octanol–water partition coefficient (Wildman–Crippen LogP) is 6.61. The molecule has 0 saturated heterocycles. The summed E-state index contributed by atoms with van der Waals surface area (Å²) in [5.74, 6) is 0. The van der Waals surface area contributed by atoms with Crippen molar-refractivity contribution in [3.05, 3.63) is 59.6 Å². The molecule has 0 unspecified atom stereocenters. The van der Waals surface area contributed by atoms with Gasteiger partial charge in [0.2, 0.25) is 0 Å². The zero-order chi connectivity index (χ0) is 19.6. The quantitative estimate of drug-likeness (QED) is 0.429. The van der Waals surface area contributed by atoms with Gasteiger partial charge in [-0.2, -0.15) is 0 Å². The Morgan fingerprint density at radius 1 is 1.22 bits per heavy atom. The van der Waals surface area contributed by atoms with E-state index in [2.05, 4.69) is 58.8 Å². The largest absolute Gasteiger partial charge is 0.315 e. The highest BCUT2D eigenvalue weighted by atomic mass is 35.5. The van der Waals surface area contributed by atoms with Crippen LogP contribution in [0, 0.1) is 0 Å². The second-order valence-electron chi connectivity index (χ2n) is 6.89. The number of pyridine rings is 1. The van der Waals surface area contributed by atoms with Crippen molar-refractivity contribution >= 4 is 28.2 Å². The van der Waals surface area contributed by atoms with Crippen LogP contribution in [0.15, 0.2) is 54.0 Å². The van der Waals surface area contributed by atoms with Crippen LogP contribution < -0.4 is 0 Å². The summed E-state index contributed by atoms with van der Waals surface area (Å²) < 4.78 is 2.22. The number of halogens is 1. The second-order valence-corrected chi connectivity index (χ2v) is 7.49. The number of nitrogens with zero attached hydrogens (tertiary/aromatic N) is 3. The molecular formula is C23H32ClN3. The van der Waals surface area contributed by atoms with Crippen molar-refractivity contribution in [2.75, 3.05) is 13.1 Å². The van der Waals surface area contributed by atoms with Crippen molar-refractivity contribution in [2.24, 2.45) is 0 Å². The van der Waals surface area contributed by atoms with Gasteiger partial charge in [0.05, 0.1) is 11.7 Å². The maximum Gasteiger partial charge on any atom is 0.0715 e. The number of fused-ring (bicyclic) bond motifs is 1. The fraction of sp³-hybridized carbons (Fsp3) is 0.435. The molecule has 2 rings (SSSR count). The number of hydrogen-bond donors (Lipinski definition) is 0. The molecule has 0 saturated carbocycles. The Morgan fingerprint density at radius 3 is 2.70 bits per heavy atom. The molecule has 0 aliphatic heterocycles. The van der Waals surface area contributed by atoms with E-state index >= 15 is 0 Å². The van der Waals surface area contributed by atoms with Crippen molar-refractivity contribution in [1.29, 1.82) is 0 Å². The third-order valence-electron chi connectivity index (χ3n) is 4.55. The van der Waals surface area contributed by atoms with Crippen LogP contribution in [-0.2, 0) is 6.54 Å². The first-order chi connectivity index (χ1) is 13.1. The second kappa shape index (κ2) is 11.1. The lowest BCUT2D eigenvalue weighted by molar-refractivity contribution is 0.262. The normalized spacial score (nSPS) is 13.4. The highest BCUT2D eigenvalue weighted by molar-refractivity contribution is 6.29. The average molecular weight is 386 g/mol. The summed E-state index contributed by atoms with van der Waals surface area (Å²) in [5.41, 5.74) is 3.56. The molecule has 0 spiro atoms. The maximum absolute atomic E-state index is 6.05. The topological polar surface area (TPSA) is 21.1 Å². The van der Waals surface area contributed by atoms with Crippen LogP contribution in [0.1, 0.15) is 52.5 Å². The molecule has 0 radical (unpaired) electrons. The van der Waals surface area contributed by atoms with Gasteiger partial charge in [0, 0.05) is 35.1 Å². The minimum Gasteiger partial charge on any atom is -0.315 e. The molecule has 0 aliphatic carbocycles. The highest BCUT2D eigenvalue weighted by Gasteiger charge is 2.13. The van der Waals surface area contributed by atoms with Crippen molar-refractivity contribution < 1.29 is 0 Å².